The average Bonchev–Trinajstić information content (AvgIpc) is 2.75. The highest BCUT2D eigenvalue weighted by Gasteiger charge is 2.32. The number of rotatable bonds is 4. The van der Waals surface area contributed by atoms with E-state index in [0.717, 1.165) is 57.7 Å². The molecule has 2 aliphatic heterocycles. The Bertz CT molecular complexity index is 735. The Labute approximate surface area is 159 Å². The molecule has 7 nitrogen and oxygen atoms in total. The lowest BCUT2D eigenvalue weighted by molar-refractivity contribution is -0.137. The normalized spacial score (nSPS) is 21.1. The van der Waals surface area contributed by atoms with Crippen LogP contribution in [-0.4, -0.2) is 58.0 Å². The first kappa shape index (κ1) is 17.7. The van der Waals surface area contributed by atoms with Crippen molar-refractivity contribution in [2.24, 2.45) is 5.92 Å². The molecular formula is C20H25N5O2. The Kier molecular flexibility index (Phi) is 5.46. The number of pyridine rings is 1. The van der Waals surface area contributed by atoms with Crippen molar-refractivity contribution in [3.63, 3.8) is 0 Å². The Morgan fingerprint density at radius 3 is 2.48 bits per heavy atom. The van der Waals surface area contributed by atoms with E-state index in [2.05, 4.69) is 19.9 Å². The summed E-state index contributed by atoms with van der Waals surface area (Å²) < 4.78 is 5.83. The van der Waals surface area contributed by atoms with E-state index in [-0.39, 0.29) is 17.9 Å². The molecule has 0 unspecified atom stereocenters. The van der Waals surface area contributed by atoms with Crippen molar-refractivity contribution in [3.8, 4) is 6.01 Å². The zero-order valence-corrected chi connectivity index (χ0v) is 15.4. The molecule has 2 aromatic heterocycles. The lowest BCUT2D eigenvalue weighted by Gasteiger charge is -2.38. The molecule has 4 heterocycles. The monoisotopic (exact) mass is 367 g/mol. The summed E-state index contributed by atoms with van der Waals surface area (Å²) in [7, 11) is 0. The van der Waals surface area contributed by atoms with E-state index in [0.29, 0.717) is 6.01 Å². The van der Waals surface area contributed by atoms with Crippen LogP contribution < -0.4 is 9.64 Å². The van der Waals surface area contributed by atoms with Gasteiger partial charge < -0.3 is 14.5 Å². The molecule has 1 atom stereocenters. The SMILES string of the molecule is O=C([C@@H]1CCCN(c2ccccn2)C1)N1CCC(Oc2ncccn2)CC1. The predicted molar refractivity (Wildman–Crippen MR) is 101 cm³/mol. The maximum Gasteiger partial charge on any atom is 0.316 e. The van der Waals surface area contributed by atoms with Crippen LogP contribution in [0.3, 0.4) is 0 Å². The van der Waals surface area contributed by atoms with Gasteiger partial charge >= 0.3 is 6.01 Å². The van der Waals surface area contributed by atoms with Gasteiger partial charge in [-0.05, 0) is 31.0 Å². The van der Waals surface area contributed by atoms with E-state index in [1.807, 2.05) is 29.3 Å². The highest BCUT2D eigenvalue weighted by molar-refractivity contribution is 5.79. The summed E-state index contributed by atoms with van der Waals surface area (Å²) in [6, 6.07) is 8.12. The molecule has 0 bridgehead atoms. The van der Waals surface area contributed by atoms with E-state index in [1.165, 1.54) is 0 Å². The van der Waals surface area contributed by atoms with Crippen molar-refractivity contribution in [2.75, 3.05) is 31.1 Å². The minimum atomic E-state index is 0.0516. The van der Waals surface area contributed by atoms with Crippen molar-refractivity contribution in [2.45, 2.75) is 31.8 Å². The van der Waals surface area contributed by atoms with Crippen LogP contribution >= 0.6 is 0 Å². The smallest absolute Gasteiger partial charge is 0.316 e. The van der Waals surface area contributed by atoms with Crippen molar-refractivity contribution in [3.05, 3.63) is 42.9 Å². The highest BCUT2D eigenvalue weighted by Crippen LogP contribution is 2.25. The first-order valence-electron chi connectivity index (χ1n) is 9.68. The molecule has 7 heteroatoms. The van der Waals surface area contributed by atoms with Crippen LogP contribution in [0.2, 0.25) is 0 Å². The number of piperidine rings is 2. The number of ether oxygens (including phenoxy) is 1. The topological polar surface area (TPSA) is 71.5 Å². The second kappa shape index (κ2) is 8.33. The quantitative estimate of drug-likeness (QED) is 0.825. The molecule has 2 aromatic rings. The molecule has 142 valence electrons. The number of anilines is 1. The second-order valence-electron chi connectivity index (χ2n) is 7.15. The third-order valence-electron chi connectivity index (χ3n) is 5.31. The van der Waals surface area contributed by atoms with Gasteiger partial charge in [-0.15, -0.1) is 0 Å². The first-order chi connectivity index (χ1) is 13.3. The number of nitrogens with zero attached hydrogens (tertiary/aromatic N) is 5. The fourth-order valence-corrected chi connectivity index (χ4v) is 3.88. The molecule has 2 fully saturated rings. The van der Waals surface area contributed by atoms with E-state index in [4.69, 9.17) is 4.74 Å². The summed E-state index contributed by atoms with van der Waals surface area (Å²) in [5.74, 6) is 1.28. The summed E-state index contributed by atoms with van der Waals surface area (Å²) in [5.41, 5.74) is 0. The number of carbonyl (C=O) groups excluding carboxylic acids is 1. The molecule has 4 rings (SSSR count). The maximum absolute atomic E-state index is 13.0. The molecule has 2 aliphatic rings. The van der Waals surface area contributed by atoms with Gasteiger partial charge in [-0.3, -0.25) is 4.79 Å². The van der Waals surface area contributed by atoms with Crippen molar-refractivity contribution in [1.82, 2.24) is 19.9 Å². The minimum Gasteiger partial charge on any atom is -0.460 e. The van der Waals surface area contributed by atoms with Gasteiger partial charge in [0.2, 0.25) is 5.91 Å². The van der Waals surface area contributed by atoms with Gasteiger partial charge in [-0.2, -0.15) is 0 Å². The van der Waals surface area contributed by atoms with Crippen molar-refractivity contribution >= 4 is 11.7 Å². The molecule has 0 saturated carbocycles. The number of hydrogen-bond donors (Lipinski definition) is 0. The van der Waals surface area contributed by atoms with E-state index in [9.17, 15) is 4.79 Å². The maximum atomic E-state index is 13.0. The number of carbonyl (C=O) groups is 1. The minimum absolute atomic E-state index is 0.0516. The van der Waals surface area contributed by atoms with Gasteiger partial charge in [0.1, 0.15) is 11.9 Å². The zero-order chi connectivity index (χ0) is 18.5. The van der Waals surface area contributed by atoms with Crippen molar-refractivity contribution in [1.29, 1.82) is 0 Å². The van der Waals surface area contributed by atoms with E-state index in [1.54, 1.807) is 18.5 Å². The van der Waals surface area contributed by atoms with Gasteiger partial charge in [-0.25, -0.2) is 15.0 Å². The largest absolute Gasteiger partial charge is 0.460 e. The molecule has 27 heavy (non-hydrogen) atoms. The Morgan fingerprint density at radius 2 is 1.74 bits per heavy atom. The molecular weight excluding hydrogens is 342 g/mol. The van der Waals surface area contributed by atoms with Crippen LogP contribution in [0.4, 0.5) is 5.82 Å². The van der Waals surface area contributed by atoms with Crippen molar-refractivity contribution < 1.29 is 9.53 Å². The molecule has 2 saturated heterocycles. The number of aromatic nitrogens is 3. The van der Waals surface area contributed by atoms with Gasteiger partial charge in [0, 0.05) is 57.6 Å². The summed E-state index contributed by atoms with van der Waals surface area (Å²) >= 11 is 0. The lowest BCUT2D eigenvalue weighted by Crippen LogP contribution is -2.48. The number of likely N-dealkylation sites (tertiary alicyclic amines) is 1. The second-order valence-corrected chi connectivity index (χ2v) is 7.15. The summed E-state index contributed by atoms with van der Waals surface area (Å²) in [5, 5.41) is 0. The van der Waals surface area contributed by atoms with E-state index < -0.39 is 0 Å². The lowest BCUT2D eigenvalue weighted by atomic mass is 9.95. The van der Waals surface area contributed by atoms with Crippen LogP contribution in [0.5, 0.6) is 6.01 Å². The van der Waals surface area contributed by atoms with Crippen LogP contribution in [0.15, 0.2) is 42.9 Å². The Balaban J connectivity index is 1.30. The van der Waals surface area contributed by atoms with Gasteiger partial charge in [0.15, 0.2) is 0 Å². The first-order valence-corrected chi connectivity index (χ1v) is 9.68. The Hall–Kier alpha value is -2.70. The molecule has 1 amide bonds. The van der Waals surface area contributed by atoms with Gasteiger partial charge in [0.25, 0.3) is 0 Å². The third-order valence-corrected chi connectivity index (χ3v) is 5.31. The van der Waals surface area contributed by atoms with Crippen LogP contribution in [0.25, 0.3) is 0 Å². The zero-order valence-electron chi connectivity index (χ0n) is 15.4. The summed E-state index contributed by atoms with van der Waals surface area (Å²) in [4.78, 5) is 29.9. The molecule has 0 spiro atoms. The molecule has 0 aromatic carbocycles. The molecule has 0 radical (unpaired) electrons. The number of hydrogen-bond acceptors (Lipinski definition) is 6. The van der Waals surface area contributed by atoms with Gasteiger partial charge in [-0.1, -0.05) is 6.07 Å². The van der Waals surface area contributed by atoms with Crippen LogP contribution in [-0.2, 0) is 4.79 Å². The standard InChI is InChI=1S/C20H25N5O2/c26-19(16-5-3-12-25(15-16)18-6-1-2-9-21-18)24-13-7-17(8-14-24)27-20-22-10-4-11-23-20/h1-2,4,6,9-11,16-17H,3,5,7-8,12-15H2/t16-/m1/s1. The predicted octanol–water partition coefficient (Wildman–Crippen LogP) is 2.16. The summed E-state index contributed by atoms with van der Waals surface area (Å²) in [6.07, 6.45) is 8.86. The number of amides is 1. The molecule has 0 aliphatic carbocycles. The molecule has 0 N–H and O–H groups in total. The summed E-state index contributed by atoms with van der Waals surface area (Å²) in [6.45, 7) is 3.19. The van der Waals surface area contributed by atoms with E-state index >= 15 is 0 Å². The van der Waals surface area contributed by atoms with Crippen LogP contribution in [0.1, 0.15) is 25.7 Å². The fraction of sp³-hybridized carbons (Fsp3) is 0.500. The Morgan fingerprint density at radius 1 is 0.963 bits per heavy atom. The third kappa shape index (κ3) is 4.35. The average molecular weight is 367 g/mol. The highest BCUT2D eigenvalue weighted by atomic mass is 16.5. The van der Waals surface area contributed by atoms with Crippen LogP contribution in [0, 0.1) is 5.92 Å². The fourth-order valence-electron chi connectivity index (χ4n) is 3.88. The van der Waals surface area contributed by atoms with Gasteiger partial charge in [0.05, 0.1) is 5.92 Å².